The number of nitrogens with one attached hydrogen (secondary N) is 2. The number of hydrogen-bond donors (Lipinski definition) is 2. The molecular formula is C21H22ClN3O5S. The Morgan fingerprint density at radius 1 is 1.23 bits per heavy atom. The molecule has 8 nitrogen and oxygen atoms in total. The van der Waals surface area contributed by atoms with Crippen LogP contribution < -0.4 is 15.4 Å². The Morgan fingerprint density at radius 3 is 2.77 bits per heavy atom. The minimum Gasteiger partial charge on any atom is -0.482 e. The first-order valence-corrected chi connectivity index (χ1v) is 11.7. The van der Waals surface area contributed by atoms with Gasteiger partial charge >= 0.3 is 0 Å². The van der Waals surface area contributed by atoms with Crippen molar-refractivity contribution in [3.05, 3.63) is 53.1 Å². The molecule has 1 unspecified atom stereocenters. The molecule has 0 bridgehead atoms. The lowest BCUT2D eigenvalue weighted by Crippen LogP contribution is -2.45. The number of nitrogens with zero attached hydrogens (tertiary/aromatic N) is 1. The molecule has 2 aliphatic rings. The molecule has 10 heteroatoms. The molecule has 2 heterocycles. The van der Waals surface area contributed by atoms with E-state index in [2.05, 4.69) is 10.6 Å². The van der Waals surface area contributed by atoms with Gasteiger partial charge in [0.25, 0.3) is 5.91 Å². The van der Waals surface area contributed by atoms with Gasteiger partial charge in [-0.15, -0.1) is 0 Å². The largest absolute Gasteiger partial charge is 0.482 e. The number of ether oxygens (including phenoxy) is 1. The molecule has 31 heavy (non-hydrogen) atoms. The molecule has 2 aliphatic heterocycles. The molecule has 2 aromatic carbocycles. The van der Waals surface area contributed by atoms with Crippen LogP contribution in [0.5, 0.6) is 5.75 Å². The standard InChI is InChI=1S/C21H22ClN3O5S/c22-16-5-3-14(4-6-16)11-23-21(27)15-2-1-9-25(12-15)31(28,29)17-7-8-19-18(10-17)24-20(26)13-30-19/h3-8,10,15H,1-2,9,11-13H2,(H,23,27)(H,24,26). The number of hydrogen-bond acceptors (Lipinski definition) is 5. The van der Waals surface area contributed by atoms with Crippen molar-refractivity contribution in [1.29, 1.82) is 0 Å². The van der Waals surface area contributed by atoms with Crippen LogP contribution in [-0.2, 0) is 26.2 Å². The molecular weight excluding hydrogens is 442 g/mol. The number of rotatable bonds is 5. The minimum atomic E-state index is -3.82. The third-order valence-corrected chi connectivity index (χ3v) is 7.47. The Bertz CT molecular complexity index is 1100. The maximum Gasteiger partial charge on any atom is 0.262 e. The summed E-state index contributed by atoms with van der Waals surface area (Å²) in [4.78, 5) is 24.2. The van der Waals surface area contributed by atoms with Crippen molar-refractivity contribution in [1.82, 2.24) is 9.62 Å². The molecule has 1 fully saturated rings. The Kier molecular flexibility index (Phi) is 6.17. The summed E-state index contributed by atoms with van der Waals surface area (Å²) >= 11 is 5.87. The Morgan fingerprint density at radius 2 is 2.00 bits per heavy atom. The van der Waals surface area contributed by atoms with Crippen molar-refractivity contribution in [3.8, 4) is 5.75 Å². The van der Waals surface area contributed by atoms with Gasteiger partial charge in [-0.1, -0.05) is 23.7 Å². The van der Waals surface area contributed by atoms with E-state index in [0.29, 0.717) is 42.4 Å². The van der Waals surface area contributed by atoms with E-state index in [1.807, 2.05) is 12.1 Å². The molecule has 2 aromatic rings. The summed E-state index contributed by atoms with van der Waals surface area (Å²) in [6, 6.07) is 11.6. The van der Waals surface area contributed by atoms with Gasteiger partial charge in [0.2, 0.25) is 15.9 Å². The number of piperidine rings is 1. The second-order valence-electron chi connectivity index (χ2n) is 7.54. The number of amides is 2. The van der Waals surface area contributed by atoms with Crippen molar-refractivity contribution in [2.75, 3.05) is 25.0 Å². The zero-order valence-corrected chi connectivity index (χ0v) is 18.2. The topological polar surface area (TPSA) is 105 Å². The molecule has 0 spiro atoms. The summed E-state index contributed by atoms with van der Waals surface area (Å²) in [6.45, 7) is 0.694. The normalized spacial score (nSPS) is 19.1. The monoisotopic (exact) mass is 463 g/mol. The zero-order chi connectivity index (χ0) is 22.0. The van der Waals surface area contributed by atoms with Gasteiger partial charge in [0, 0.05) is 24.7 Å². The van der Waals surface area contributed by atoms with E-state index in [4.69, 9.17) is 16.3 Å². The molecule has 0 aliphatic carbocycles. The van der Waals surface area contributed by atoms with Gasteiger partial charge in [0.15, 0.2) is 6.61 Å². The van der Waals surface area contributed by atoms with Gasteiger partial charge in [-0.2, -0.15) is 4.31 Å². The first kappa shape index (κ1) is 21.6. The van der Waals surface area contributed by atoms with E-state index in [-0.39, 0.29) is 29.9 Å². The second kappa shape index (κ2) is 8.86. The molecule has 0 saturated carbocycles. The van der Waals surface area contributed by atoms with Gasteiger partial charge < -0.3 is 15.4 Å². The van der Waals surface area contributed by atoms with Gasteiger partial charge in [-0.25, -0.2) is 8.42 Å². The lowest BCUT2D eigenvalue weighted by molar-refractivity contribution is -0.126. The number of benzene rings is 2. The number of sulfonamides is 1. The van der Waals surface area contributed by atoms with E-state index in [1.54, 1.807) is 12.1 Å². The van der Waals surface area contributed by atoms with Crippen LogP contribution in [-0.4, -0.2) is 44.2 Å². The highest BCUT2D eigenvalue weighted by Crippen LogP contribution is 2.32. The Hall–Kier alpha value is -2.62. The van der Waals surface area contributed by atoms with E-state index in [9.17, 15) is 18.0 Å². The van der Waals surface area contributed by atoms with Crippen molar-refractivity contribution >= 4 is 39.1 Å². The van der Waals surface area contributed by atoms with E-state index in [1.165, 1.54) is 22.5 Å². The second-order valence-corrected chi connectivity index (χ2v) is 9.92. The quantitative estimate of drug-likeness (QED) is 0.708. The fraction of sp³-hybridized carbons (Fsp3) is 0.333. The van der Waals surface area contributed by atoms with Gasteiger partial charge in [0.05, 0.1) is 16.5 Å². The highest BCUT2D eigenvalue weighted by Gasteiger charge is 2.34. The van der Waals surface area contributed by atoms with Crippen LogP contribution >= 0.6 is 11.6 Å². The molecule has 1 atom stereocenters. The summed E-state index contributed by atoms with van der Waals surface area (Å²) in [7, 11) is -3.82. The van der Waals surface area contributed by atoms with Gasteiger partial charge in [0.1, 0.15) is 5.75 Å². The van der Waals surface area contributed by atoms with Crippen molar-refractivity contribution < 1.29 is 22.7 Å². The zero-order valence-electron chi connectivity index (χ0n) is 16.6. The molecule has 0 aromatic heterocycles. The third kappa shape index (κ3) is 4.84. The summed E-state index contributed by atoms with van der Waals surface area (Å²) in [5.74, 6) is -0.522. The maximum atomic E-state index is 13.2. The molecule has 1 saturated heterocycles. The fourth-order valence-corrected chi connectivity index (χ4v) is 5.36. The molecule has 164 valence electrons. The fourth-order valence-electron chi connectivity index (χ4n) is 3.68. The molecule has 0 radical (unpaired) electrons. The van der Waals surface area contributed by atoms with E-state index in [0.717, 1.165) is 5.56 Å². The SMILES string of the molecule is O=C1COc2ccc(S(=O)(=O)N3CCCC(C(=O)NCc4ccc(Cl)cc4)C3)cc2N1. The number of halogens is 1. The predicted octanol–water partition coefficient (Wildman–Crippen LogP) is 2.39. The average Bonchev–Trinajstić information content (AvgIpc) is 2.78. The lowest BCUT2D eigenvalue weighted by atomic mass is 9.99. The van der Waals surface area contributed by atoms with Crippen LogP contribution in [0.4, 0.5) is 5.69 Å². The van der Waals surface area contributed by atoms with Crippen molar-refractivity contribution in [2.24, 2.45) is 5.92 Å². The summed E-state index contributed by atoms with van der Waals surface area (Å²) in [6.07, 6.45) is 1.20. The Labute approximate surface area is 185 Å². The molecule has 2 N–H and O–H groups in total. The summed E-state index contributed by atoms with van der Waals surface area (Å²) < 4.78 is 32.9. The Balaban J connectivity index is 1.43. The number of carbonyl (C=O) groups excluding carboxylic acids is 2. The summed E-state index contributed by atoms with van der Waals surface area (Å²) in [5, 5.41) is 6.12. The molecule has 4 rings (SSSR count). The van der Waals surface area contributed by atoms with Crippen LogP contribution in [0.25, 0.3) is 0 Å². The van der Waals surface area contributed by atoms with E-state index < -0.39 is 15.9 Å². The number of carbonyl (C=O) groups is 2. The van der Waals surface area contributed by atoms with Crippen LogP contribution in [0, 0.1) is 5.92 Å². The minimum absolute atomic E-state index is 0.0549. The highest BCUT2D eigenvalue weighted by molar-refractivity contribution is 7.89. The summed E-state index contributed by atoms with van der Waals surface area (Å²) in [5.41, 5.74) is 1.24. The lowest BCUT2D eigenvalue weighted by Gasteiger charge is -2.31. The number of fused-ring (bicyclic) bond motifs is 1. The van der Waals surface area contributed by atoms with Crippen LogP contribution in [0.3, 0.4) is 0 Å². The highest BCUT2D eigenvalue weighted by atomic mass is 35.5. The van der Waals surface area contributed by atoms with Crippen molar-refractivity contribution in [2.45, 2.75) is 24.3 Å². The van der Waals surface area contributed by atoms with Crippen molar-refractivity contribution in [3.63, 3.8) is 0 Å². The molecule has 2 amide bonds. The first-order valence-electron chi connectivity index (χ1n) is 9.92. The first-order chi connectivity index (χ1) is 14.8. The predicted molar refractivity (Wildman–Crippen MR) is 115 cm³/mol. The maximum absolute atomic E-state index is 13.2. The smallest absolute Gasteiger partial charge is 0.262 e. The van der Waals surface area contributed by atoms with Crippen LogP contribution in [0.1, 0.15) is 18.4 Å². The van der Waals surface area contributed by atoms with Crippen LogP contribution in [0.15, 0.2) is 47.4 Å². The van der Waals surface area contributed by atoms with E-state index >= 15 is 0 Å². The third-order valence-electron chi connectivity index (χ3n) is 5.36. The van der Waals surface area contributed by atoms with Gasteiger partial charge in [-0.05, 0) is 48.7 Å². The van der Waals surface area contributed by atoms with Crippen LogP contribution in [0.2, 0.25) is 5.02 Å². The van der Waals surface area contributed by atoms with Gasteiger partial charge in [-0.3, -0.25) is 9.59 Å². The number of anilines is 1. The average molecular weight is 464 g/mol.